The Morgan fingerprint density at radius 2 is 1.69 bits per heavy atom. The van der Waals surface area contributed by atoms with E-state index in [1.807, 2.05) is 36.4 Å². The van der Waals surface area contributed by atoms with Crippen LogP contribution < -0.4 is 14.9 Å². The molecule has 0 saturated heterocycles. The lowest BCUT2D eigenvalue weighted by Gasteiger charge is -2.12. The summed E-state index contributed by atoms with van der Waals surface area (Å²) in [6.45, 7) is 1.98. The van der Waals surface area contributed by atoms with Crippen molar-refractivity contribution in [1.29, 1.82) is 0 Å². The fourth-order valence-corrected chi connectivity index (χ4v) is 2.69. The maximum absolute atomic E-state index is 12.1. The van der Waals surface area contributed by atoms with Crippen LogP contribution in [0.2, 0.25) is 5.02 Å². The molecule has 3 aromatic carbocycles. The van der Waals surface area contributed by atoms with Crippen LogP contribution in [0.4, 0.5) is 5.69 Å². The number of hydrogen-bond acceptors (Lipinski definition) is 6. The highest BCUT2D eigenvalue weighted by Crippen LogP contribution is 2.18. The van der Waals surface area contributed by atoms with E-state index in [0.717, 1.165) is 11.1 Å². The first-order chi connectivity index (χ1) is 15.4. The molecule has 164 valence electrons. The minimum atomic E-state index is -0.836. The van der Waals surface area contributed by atoms with Crippen molar-refractivity contribution in [3.05, 3.63) is 99.1 Å². The van der Waals surface area contributed by atoms with Gasteiger partial charge in [-0.25, -0.2) is 5.43 Å². The number of nitro benzene ring substituents is 1. The van der Waals surface area contributed by atoms with Gasteiger partial charge in [0, 0.05) is 17.2 Å². The SMILES string of the molecule is C[C@@H](Oc1ccc([N+](=O)[O-])cc1)C(=O)N/N=C\c1ccc(OCc2ccc(Cl)cc2)cc1. The molecule has 0 saturated carbocycles. The van der Waals surface area contributed by atoms with Crippen LogP contribution in [0.3, 0.4) is 0 Å². The second-order valence-electron chi connectivity index (χ2n) is 6.73. The van der Waals surface area contributed by atoms with Crippen molar-refractivity contribution in [2.75, 3.05) is 0 Å². The van der Waals surface area contributed by atoms with Gasteiger partial charge in [0.25, 0.3) is 11.6 Å². The summed E-state index contributed by atoms with van der Waals surface area (Å²) in [5.74, 6) is 0.588. The Labute approximate surface area is 189 Å². The van der Waals surface area contributed by atoms with E-state index < -0.39 is 16.9 Å². The molecule has 0 radical (unpaired) electrons. The molecule has 0 fully saturated rings. The number of rotatable bonds is 9. The van der Waals surface area contributed by atoms with Gasteiger partial charge in [0.15, 0.2) is 6.10 Å². The molecular formula is C23H20ClN3O5. The molecule has 3 rings (SSSR count). The molecule has 3 aromatic rings. The first-order valence-electron chi connectivity index (χ1n) is 9.62. The molecule has 8 nitrogen and oxygen atoms in total. The summed E-state index contributed by atoms with van der Waals surface area (Å²) >= 11 is 5.87. The molecular weight excluding hydrogens is 434 g/mol. The van der Waals surface area contributed by atoms with Gasteiger partial charge in [0.2, 0.25) is 0 Å². The Kier molecular flexibility index (Phi) is 7.77. The third-order valence-corrected chi connectivity index (χ3v) is 4.57. The van der Waals surface area contributed by atoms with Gasteiger partial charge >= 0.3 is 0 Å². The third kappa shape index (κ3) is 6.82. The summed E-state index contributed by atoms with van der Waals surface area (Å²) in [5.41, 5.74) is 4.13. The fraction of sp³-hybridized carbons (Fsp3) is 0.130. The quantitative estimate of drug-likeness (QED) is 0.286. The van der Waals surface area contributed by atoms with Gasteiger partial charge in [-0.05, 0) is 66.6 Å². The monoisotopic (exact) mass is 453 g/mol. The van der Waals surface area contributed by atoms with Gasteiger partial charge in [0.05, 0.1) is 11.1 Å². The maximum Gasteiger partial charge on any atom is 0.280 e. The molecule has 0 unspecified atom stereocenters. The molecule has 1 atom stereocenters. The Morgan fingerprint density at radius 1 is 1.06 bits per heavy atom. The van der Waals surface area contributed by atoms with Crippen molar-refractivity contribution in [2.24, 2.45) is 5.10 Å². The molecule has 9 heteroatoms. The summed E-state index contributed by atoms with van der Waals surface area (Å²) in [5, 5.41) is 15.3. The molecule has 1 amide bonds. The number of hydrogen-bond donors (Lipinski definition) is 1. The number of halogens is 1. The summed E-state index contributed by atoms with van der Waals surface area (Å²) in [4.78, 5) is 22.3. The summed E-state index contributed by atoms with van der Waals surface area (Å²) in [6, 6.07) is 20.1. The fourth-order valence-electron chi connectivity index (χ4n) is 2.56. The Hall–Kier alpha value is -3.91. The highest BCUT2D eigenvalue weighted by molar-refractivity contribution is 6.30. The van der Waals surface area contributed by atoms with Crippen LogP contribution in [0.1, 0.15) is 18.1 Å². The van der Waals surface area contributed by atoms with E-state index >= 15 is 0 Å². The van der Waals surface area contributed by atoms with E-state index in [0.29, 0.717) is 23.1 Å². The number of amides is 1. The summed E-state index contributed by atoms with van der Waals surface area (Å²) < 4.78 is 11.2. The van der Waals surface area contributed by atoms with E-state index in [4.69, 9.17) is 21.1 Å². The predicted octanol–water partition coefficient (Wildman–Crippen LogP) is 4.74. The third-order valence-electron chi connectivity index (χ3n) is 4.32. The first-order valence-corrected chi connectivity index (χ1v) is 10.00. The molecule has 0 aliphatic carbocycles. The van der Waals surface area contributed by atoms with E-state index in [2.05, 4.69) is 10.5 Å². The number of carbonyl (C=O) groups excluding carboxylic acids is 1. The minimum Gasteiger partial charge on any atom is -0.489 e. The average Bonchev–Trinajstić information content (AvgIpc) is 2.80. The van der Waals surface area contributed by atoms with Crippen LogP contribution in [-0.4, -0.2) is 23.1 Å². The molecule has 1 N–H and O–H groups in total. The van der Waals surface area contributed by atoms with Crippen LogP contribution in [0, 0.1) is 10.1 Å². The average molecular weight is 454 g/mol. The lowest BCUT2D eigenvalue weighted by molar-refractivity contribution is -0.384. The van der Waals surface area contributed by atoms with Crippen LogP contribution in [0.15, 0.2) is 77.9 Å². The van der Waals surface area contributed by atoms with Gasteiger partial charge in [-0.3, -0.25) is 14.9 Å². The van der Waals surface area contributed by atoms with Crippen LogP contribution in [-0.2, 0) is 11.4 Å². The van der Waals surface area contributed by atoms with Crippen LogP contribution in [0.25, 0.3) is 0 Å². The van der Waals surface area contributed by atoms with E-state index in [-0.39, 0.29) is 5.69 Å². The zero-order chi connectivity index (χ0) is 22.9. The zero-order valence-electron chi connectivity index (χ0n) is 17.1. The second kappa shape index (κ2) is 10.9. The lowest BCUT2D eigenvalue weighted by atomic mass is 10.2. The predicted molar refractivity (Wildman–Crippen MR) is 121 cm³/mol. The molecule has 0 aliphatic heterocycles. The normalized spacial score (nSPS) is 11.7. The van der Waals surface area contributed by atoms with E-state index in [1.54, 1.807) is 19.1 Å². The van der Waals surface area contributed by atoms with Crippen molar-refractivity contribution < 1.29 is 19.2 Å². The number of nitrogens with one attached hydrogen (secondary N) is 1. The second-order valence-corrected chi connectivity index (χ2v) is 7.17. The van der Waals surface area contributed by atoms with Crippen molar-refractivity contribution in [3.8, 4) is 11.5 Å². The molecule has 32 heavy (non-hydrogen) atoms. The number of non-ortho nitro benzene ring substituents is 1. The van der Waals surface area contributed by atoms with Gasteiger partial charge < -0.3 is 9.47 Å². The molecule has 0 aliphatic rings. The first kappa shape index (κ1) is 22.8. The number of benzene rings is 3. The Bertz CT molecular complexity index is 1080. The Balaban J connectivity index is 1.45. The topological polar surface area (TPSA) is 103 Å². The highest BCUT2D eigenvalue weighted by Gasteiger charge is 2.14. The van der Waals surface area contributed by atoms with Gasteiger partial charge in [0.1, 0.15) is 18.1 Å². The number of ether oxygens (including phenoxy) is 2. The molecule has 0 heterocycles. The van der Waals surface area contributed by atoms with E-state index in [9.17, 15) is 14.9 Å². The van der Waals surface area contributed by atoms with E-state index in [1.165, 1.54) is 30.5 Å². The van der Waals surface area contributed by atoms with Gasteiger partial charge in [-0.2, -0.15) is 5.10 Å². The van der Waals surface area contributed by atoms with Gasteiger partial charge in [-0.1, -0.05) is 23.7 Å². The molecule has 0 aromatic heterocycles. The van der Waals surface area contributed by atoms with Crippen molar-refractivity contribution >= 4 is 29.4 Å². The zero-order valence-corrected chi connectivity index (χ0v) is 17.9. The number of nitro groups is 1. The largest absolute Gasteiger partial charge is 0.489 e. The van der Waals surface area contributed by atoms with Crippen molar-refractivity contribution in [3.63, 3.8) is 0 Å². The number of hydrazone groups is 1. The van der Waals surface area contributed by atoms with Crippen LogP contribution in [0.5, 0.6) is 11.5 Å². The number of carbonyl (C=O) groups is 1. The number of nitrogens with zero attached hydrogens (tertiary/aromatic N) is 2. The molecule has 0 bridgehead atoms. The van der Waals surface area contributed by atoms with Crippen molar-refractivity contribution in [2.45, 2.75) is 19.6 Å². The smallest absolute Gasteiger partial charge is 0.280 e. The van der Waals surface area contributed by atoms with Gasteiger partial charge in [-0.15, -0.1) is 0 Å². The Morgan fingerprint density at radius 3 is 2.31 bits per heavy atom. The highest BCUT2D eigenvalue weighted by atomic mass is 35.5. The molecule has 0 spiro atoms. The standard InChI is InChI=1S/C23H20ClN3O5/c1-16(32-22-12-8-20(9-13-22)27(29)30)23(28)26-25-14-17-4-10-21(11-5-17)31-15-18-2-6-19(24)7-3-18/h2-14,16H,15H2,1H3,(H,26,28)/b25-14-/t16-/m1/s1. The maximum atomic E-state index is 12.1. The van der Waals surface area contributed by atoms with Crippen molar-refractivity contribution in [1.82, 2.24) is 5.43 Å². The summed E-state index contributed by atoms with van der Waals surface area (Å²) in [7, 11) is 0. The summed E-state index contributed by atoms with van der Waals surface area (Å²) in [6.07, 6.45) is 0.664. The lowest BCUT2D eigenvalue weighted by Crippen LogP contribution is -2.33. The van der Waals surface area contributed by atoms with Crippen LogP contribution >= 0.6 is 11.6 Å². The minimum absolute atomic E-state index is 0.0551.